The maximum atomic E-state index is 11.4. The van der Waals surface area contributed by atoms with E-state index in [2.05, 4.69) is 12.2 Å². The predicted octanol–water partition coefficient (Wildman–Crippen LogP) is 3.31. The maximum absolute atomic E-state index is 11.4. The lowest BCUT2D eigenvalue weighted by Gasteiger charge is -2.13. The molecule has 0 unspecified atom stereocenters. The monoisotopic (exact) mass is 228 g/mol. The molecule has 4 heteroatoms. The van der Waals surface area contributed by atoms with Crippen LogP contribution in [0.1, 0.15) is 58.8 Å². The Morgan fingerprint density at radius 2 is 1.75 bits per heavy atom. The molecule has 0 aliphatic rings. The smallest absolute Gasteiger partial charge is 0.153 e. The van der Waals surface area contributed by atoms with Gasteiger partial charge in [-0.2, -0.15) is 0 Å². The number of nitroso groups, excluding NO2 is 1. The van der Waals surface area contributed by atoms with Crippen LogP contribution in [0.15, 0.2) is 5.29 Å². The Morgan fingerprint density at radius 3 is 2.31 bits per heavy atom. The van der Waals surface area contributed by atoms with E-state index in [9.17, 15) is 9.70 Å². The summed E-state index contributed by atoms with van der Waals surface area (Å²) in [7, 11) is 0. The molecule has 0 aromatic rings. The number of rotatable bonds is 11. The first kappa shape index (κ1) is 15.1. The van der Waals surface area contributed by atoms with Gasteiger partial charge in [-0.25, -0.2) is 0 Å². The molecule has 0 aromatic carbocycles. The number of Topliss-reactive ketones (excluding diaryl/α,β-unsaturated/α-hetero) is 1. The highest BCUT2D eigenvalue weighted by molar-refractivity contribution is 5.80. The van der Waals surface area contributed by atoms with Crippen LogP contribution in [0.3, 0.4) is 0 Å². The number of carbonyl (C=O) groups is 1. The van der Waals surface area contributed by atoms with Gasteiger partial charge < -0.3 is 0 Å². The lowest BCUT2D eigenvalue weighted by Crippen LogP contribution is -2.25. The largest absolute Gasteiger partial charge is 0.298 e. The second-order valence-corrected chi connectivity index (χ2v) is 4.17. The molecule has 0 radical (unpaired) electrons. The zero-order valence-electron chi connectivity index (χ0n) is 10.6. The van der Waals surface area contributed by atoms with Gasteiger partial charge in [-0.1, -0.05) is 39.5 Å². The summed E-state index contributed by atoms with van der Waals surface area (Å²) in [6.07, 6.45) is 6.88. The van der Waals surface area contributed by atoms with E-state index < -0.39 is 0 Å². The fourth-order valence-corrected chi connectivity index (χ4v) is 1.53. The van der Waals surface area contributed by atoms with Crippen LogP contribution in [-0.2, 0) is 4.79 Å². The third-order valence-electron chi connectivity index (χ3n) is 2.55. The van der Waals surface area contributed by atoms with Crippen LogP contribution in [0.2, 0.25) is 0 Å². The van der Waals surface area contributed by atoms with Crippen molar-refractivity contribution < 1.29 is 4.79 Å². The molecule has 94 valence electrons. The van der Waals surface area contributed by atoms with Crippen molar-refractivity contribution in [2.75, 3.05) is 13.1 Å². The van der Waals surface area contributed by atoms with Gasteiger partial charge in [-0.15, -0.1) is 4.91 Å². The zero-order valence-corrected chi connectivity index (χ0v) is 10.6. The van der Waals surface area contributed by atoms with Crippen LogP contribution < -0.4 is 0 Å². The topological polar surface area (TPSA) is 49.7 Å². The summed E-state index contributed by atoms with van der Waals surface area (Å²) >= 11 is 0. The van der Waals surface area contributed by atoms with E-state index in [0.29, 0.717) is 13.0 Å². The zero-order chi connectivity index (χ0) is 12.2. The summed E-state index contributed by atoms with van der Waals surface area (Å²) in [5, 5.41) is 4.25. The fraction of sp³-hybridized carbons (Fsp3) is 0.917. The number of nitrogens with zero attached hydrogens (tertiary/aromatic N) is 2. The van der Waals surface area contributed by atoms with Crippen LogP contribution in [0.5, 0.6) is 0 Å². The molecule has 0 fully saturated rings. The van der Waals surface area contributed by atoms with E-state index in [1.54, 1.807) is 0 Å². The van der Waals surface area contributed by atoms with E-state index in [-0.39, 0.29) is 12.3 Å². The molecule has 0 bridgehead atoms. The van der Waals surface area contributed by atoms with Crippen molar-refractivity contribution in [3.8, 4) is 0 Å². The molecule has 0 N–H and O–H groups in total. The minimum atomic E-state index is 0.122. The van der Waals surface area contributed by atoms with E-state index in [1.807, 2.05) is 6.92 Å². The van der Waals surface area contributed by atoms with Crippen LogP contribution in [0.25, 0.3) is 0 Å². The molecule has 0 amide bonds. The molecule has 0 aliphatic carbocycles. The highest BCUT2D eigenvalue weighted by atomic mass is 16.3. The van der Waals surface area contributed by atoms with Gasteiger partial charge in [0.2, 0.25) is 0 Å². The number of carbonyl (C=O) groups excluding carboxylic acids is 1. The van der Waals surface area contributed by atoms with Gasteiger partial charge in [-0.05, 0) is 12.8 Å². The Kier molecular flexibility index (Phi) is 9.97. The normalized spacial score (nSPS) is 10.1. The lowest BCUT2D eigenvalue weighted by molar-refractivity contribution is -0.120. The second-order valence-electron chi connectivity index (χ2n) is 4.17. The Morgan fingerprint density at radius 1 is 1.06 bits per heavy atom. The number of ketones is 1. The SMILES string of the molecule is CCCCCCN(CC(=O)CCCC)N=O. The number of unbranched alkanes of at least 4 members (excludes halogenated alkanes) is 4. The molecule has 0 saturated carbocycles. The number of hydrogen-bond donors (Lipinski definition) is 0. The summed E-state index contributed by atoms with van der Waals surface area (Å²) in [6.45, 7) is 4.99. The Balaban J connectivity index is 3.64. The molecule has 4 nitrogen and oxygen atoms in total. The molecule has 16 heavy (non-hydrogen) atoms. The summed E-state index contributed by atoms with van der Waals surface area (Å²) in [4.78, 5) is 21.9. The number of hydrogen-bond acceptors (Lipinski definition) is 3. The summed E-state index contributed by atoms with van der Waals surface area (Å²) < 4.78 is 0. The minimum absolute atomic E-state index is 0.122. The molecular weight excluding hydrogens is 204 g/mol. The van der Waals surface area contributed by atoms with Gasteiger partial charge in [0.05, 0.1) is 11.8 Å². The van der Waals surface area contributed by atoms with Crippen molar-refractivity contribution in [1.82, 2.24) is 5.01 Å². The molecule has 0 heterocycles. The van der Waals surface area contributed by atoms with Crippen molar-refractivity contribution >= 4 is 5.78 Å². The highest BCUT2D eigenvalue weighted by Crippen LogP contribution is 2.03. The first-order chi connectivity index (χ1) is 7.74. The van der Waals surface area contributed by atoms with Crippen LogP contribution in [0.4, 0.5) is 0 Å². The molecule has 0 spiro atoms. The standard InChI is InChI=1S/C12H24N2O2/c1-3-5-7-8-10-14(13-16)11-12(15)9-6-4-2/h3-11H2,1-2H3. The van der Waals surface area contributed by atoms with Crippen LogP contribution in [-0.4, -0.2) is 23.9 Å². The average molecular weight is 228 g/mol. The predicted molar refractivity (Wildman–Crippen MR) is 66.0 cm³/mol. The van der Waals surface area contributed by atoms with Crippen LogP contribution >= 0.6 is 0 Å². The van der Waals surface area contributed by atoms with Gasteiger partial charge in [0.1, 0.15) is 0 Å². The van der Waals surface area contributed by atoms with Gasteiger partial charge in [0.15, 0.2) is 5.78 Å². The average Bonchev–Trinajstić information content (AvgIpc) is 2.30. The van der Waals surface area contributed by atoms with Gasteiger partial charge in [0.25, 0.3) is 0 Å². The van der Waals surface area contributed by atoms with Crippen molar-refractivity contribution in [3.05, 3.63) is 4.91 Å². The second kappa shape index (κ2) is 10.6. The molecule has 0 aromatic heterocycles. The molecule has 0 aliphatic heterocycles. The van der Waals surface area contributed by atoms with Crippen LogP contribution in [0, 0.1) is 4.91 Å². The van der Waals surface area contributed by atoms with Crippen molar-refractivity contribution in [2.24, 2.45) is 5.29 Å². The quantitative estimate of drug-likeness (QED) is 0.310. The van der Waals surface area contributed by atoms with E-state index in [0.717, 1.165) is 25.7 Å². The fourth-order valence-electron chi connectivity index (χ4n) is 1.53. The third-order valence-corrected chi connectivity index (χ3v) is 2.55. The third kappa shape index (κ3) is 8.38. The van der Waals surface area contributed by atoms with Crippen molar-refractivity contribution in [3.63, 3.8) is 0 Å². The first-order valence-corrected chi connectivity index (χ1v) is 6.34. The molecule has 0 saturated heterocycles. The molecule has 0 rings (SSSR count). The summed E-state index contributed by atoms with van der Waals surface area (Å²) in [5.41, 5.74) is 0. The Hall–Kier alpha value is -0.930. The van der Waals surface area contributed by atoms with Gasteiger partial charge in [0, 0.05) is 13.0 Å². The lowest BCUT2D eigenvalue weighted by atomic mass is 10.2. The first-order valence-electron chi connectivity index (χ1n) is 6.34. The van der Waals surface area contributed by atoms with Crippen molar-refractivity contribution in [2.45, 2.75) is 58.8 Å². The van der Waals surface area contributed by atoms with Gasteiger partial charge in [-0.3, -0.25) is 9.80 Å². The Labute approximate surface area is 98.3 Å². The van der Waals surface area contributed by atoms with Crippen molar-refractivity contribution in [1.29, 1.82) is 0 Å². The van der Waals surface area contributed by atoms with Gasteiger partial charge >= 0.3 is 0 Å². The minimum Gasteiger partial charge on any atom is -0.298 e. The summed E-state index contributed by atoms with van der Waals surface area (Å²) in [5.74, 6) is 0.122. The molecular formula is C12H24N2O2. The Bertz CT molecular complexity index is 195. The summed E-state index contributed by atoms with van der Waals surface area (Å²) in [6, 6.07) is 0. The van der Waals surface area contributed by atoms with E-state index in [1.165, 1.54) is 17.9 Å². The molecule has 0 atom stereocenters. The van der Waals surface area contributed by atoms with E-state index >= 15 is 0 Å². The van der Waals surface area contributed by atoms with E-state index in [4.69, 9.17) is 0 Å². The highest BCUT2D eigenvalue weighted by Gasteiger charge is 2.08. The maximum Gasteiger partial charge on any atom is 0.153 e.